The van der Waals surface area contributed by atoms with Crippen molar-refractivity contribution in [3.8, 4) is 0 Å². The zero-order valence-corrected chi connectivity index (χ0v) is 38.1. The van der Waals surface area contributed by atoms with Crippen molar-refractivity contribution in [1.29, 1.82) is 0 Å². The van der Waals surface area contributed by atoms with Gasteiger partial charge in [-0.25, -0.2) is 4.57 Å². The first-order valence-electron chi connectivity index (χ1n) is 23.1. The van der Waals surface area contributed by atoms with Crippen LogP contribution >= 0.6 is 7.82 Å². The molecule has 1 rings (SSSR count). The fourth-order valence-electron chi connectivity index (χ4n) is 6.57. The van der Waals surface area contributed by atoms with Crippen molar-refractivity contribution in [2.45, 2.75) is 211 Å². The molecule has 13 nitrogen and oxygen atoms in total. The summed E-state index contributed by atoms with van der Waals surface area (Å²) in [4.78, 5) is 35.7. The van der Waals surface area contributed by atoms with Crippen LogP contribution in [-0.4, -0.2) is 98.3 Å². The number of hydrogen-bond donors (Lipinski definition) is 6. The summed E-state index contributed by atoms with van der Waals surface area (Å²) in [5.41, 5.74) is 0. The molecule has 0 bridgehead atoms. The summed E-state index contributed by atoms with van der Waals surface area (Å²) in [7, 11) is -5.14. The van der Waals surface area contributed by atoms with Crippen molar-refractivity contribution in [2.75, 3.05) is 13.2 Å². The molecular weight excluding hydrogens is 803 g/mol. The molecule has 0 heterocycles. The highest BCUT2D eigenvalue weighted by atomic mass is 31.2. The van der Waals surface area contributed by atoms with Crippen LogP contribution in [0.3, 0.4) is 0 Å². The molecule has 8 atom stereocenters. The average Bonchev–Trinajstić information content (AvgIpc) is 3.24. The molecule has 0 amide bonds. The van der Waals surface area contributed by atoms with E-state index >= 15 is 0 Å². The highest BCUT2D eigenvalue weighted by Gasteiger charge is 2.51. The molecule has 6 N–H and O–H groups in total. The first kappa shape index (κ1) is 56.6. The van der Waals surface area contributed by atoms with E-state index in [1.165, 1.54) is 57.8 Å². The zero-order chi connectivity index (χ0) is 45.0. The third-order valence-electron chi connectivity index (χ3n) is 10.3. The van der Waals surface area contributed by atoms with E-state index in [4.69, 9.17) is 18.5 Å². The smallest absolute Gasteiger partial charge is 0.462 e. The fraction of sp³-hybridized carbons (Fsp3) is 0.745. The van der Waals surface area contributed by atoms with E-state index < -0.39 is 75.7 Å². The molecule has 1 aliphatic carbocycles. The first-order chi connectivity index (χ1) is 29.4. The van der Waals surface area contributed by atoms with Crippen LogP contribution in [0, 0.1) is 0 Å². The molecule has 14 heteroatoms. The number of carbonyl (C=O) groups excluding carboxylic acids is 2. The zero-order valence-electron chi connectivity index (χ0n) is 37.2. The second-order valence-electron chi connectivity index (χ2n) is 15.9. The Kier molecular flexibility index (Phi) is 34.3. The molecule has 3 unspecified atom stereocenters. The number of phosphoric acid groups is 1. The molecule has 1 fully saturated rings. The van der Waals surface area contributed by atoms with Crippen LogP contribution in [0.1, 0.15) is 168 Å². The minimum atomic E-state index is -5.14. The maximum atomic E-state index is 12.8. The van der Waals surface area contributed by atoms with Crippen molar-refractivity contribution in [3.05, 3.63) is 60.8 Å². The van der Waals surface area contributed by atoms with Gasteiger partial charge in [-0.1, -0.05) is 139 Å². The van der Waals surface area contributed by atoms with Crippen LogP contribution in [0.25, 0.3) is 0 Å². The number of rotatable bonds is 37. The van der Waals surface area contributed by atoms with Gasteiger partial charge in [0.1, 0.15) is 43.2 Å². The van der Waals surface area contributed by atoms with Gasteiger partial charge in [-0.05, 0) is 77.0 Å². The van der Waals surface area contributed by atoms with Gasteiger partial charge in [0.2, 0.25) is 0 Å². The summed E-state index contributed by atoms with van der Waals surface area (Å²) >= 11 is 0. The summed E-state index contributed by atoms with van der Waals surface area (Å²) in [6.07, 6.45) is 31.4. The van der Waals surface area contributed by atoms with Crippen molar-refractivity contribution < 1.29 is 63.1 Å². The maximum absolute atomic E-state index is 12.8. The Balaban J connectivity index is 2.52. The van der Waals surface area contributed by atoms with E-state index in [1.807, 2.05) is 12.2 Å². The Bertz CT molecular complexity index is 1300. The molecular formula is C47H81O13P. The van der Waals surface area contributed by atoms with Gasteiger partial charge >= 0.3 is 19.8 Å². The molecule has 1 saturated carbocycles. The van der Waals surface area contributed by atoms with Crippen molar-refractivity contribution in [3.63, 3.8) is 0 Å². The number of carbonyl (C=O) groups is 2. The molecule has 61 heavy (non-hydrogen) atoms. The summed E-state index contributed by atoms with van der Waals surface area (Å²) in [6.45, 7) is 3.20. The van der Waals surface area contributed by atoms with Gasteiger partial charge in [0.25, 0.3) is 0 Å². The van der Waals surface area contributed by atoms with Crippen LogP contribution in [0.2, 0.25) is 0 Å². The Hall–Kier alpha value is -2.45. The lowest BCUT2D eigenvalue weighted by Crippen LogP contribution is -2.64. The molecule has 0 radical (unpaired) electrons. The standard InChI is InChI=1S/C47H81O13P/c1-3-5-7-9-11-13-15-17-19-20-22-24-26-28-30-32-34-36-41(49)59-39(38-58-61(55,56)60-47-45(53)43(51)42(50)44(52)46(47)54)37-57-40(48)35-33-31-29-27-25-23-21-18-16-14-12-10-8-6-4-2/h11,13,17-19,21-22,24,28,30,39,42-47,50-54H,3-10,12,14-16,20,23,25-27,29,31-38H2,1-2H3,(H,55,56)/b13-11-,19-17-,21-18-,24-22-,30-28-/t39-,42?,43-,44+,45-,46-,47?/m1/s1. The number of ether oxygens (including phenoxy) is 2. The number of aliphatic hydroxyl groups excluding tert-OH is 5. The number of allylic oxidation sites excluding steroid dienone is 10. The van der Waals surface area contributed by atoms with E-state index in [1.54, 1.807) is 0 Å². The first-order valence-corrected chi connectivity index (χ1v) is 24.6. The minimum absolute atomic E-state index is 0.0171. The Morgan fingerprint density at radius 3 is 1.44 bits per heavy atom. The Morgan fingerprint density at radius 1 is 0.508 bits per heavy atom. The number of phosphoric ester groups is 1. The van der Waals surface area contributed by atoms with Crippen LogP contribution < -0.4 is 0 Å². The monoisotopic (exact) mass is 885 g/mol. The number of esters is 2. The molecule has 352 valence electrons. The van der Waals surface area contributed by atoms with Crippen LogP contribution in [0.4, 0.5) is 0 Å². The minimum Gasteiger partial charge on any atom is -0.462 e. The van der Waals surface area contributed by atoms with E-state index in [2.05, 4.69) is 62.5 Å². The van der Waals surface area contributed by atoms with Crippen molar-refractivity contribution in [1.82, 2.24) is 0 Å². The van der Waals surface area contributed by atoms with Gasteiger partial charge in [0.15, 0.2) is 6.10 Å². The fourth-order valence-corrected chi connectivity index (χ4v) is 7.54. The number of hydrogen-bond acceptors (Lipinski definition) is 12. The van der Waals surface area contributed by atoms with Gasteiger partial charge in [-0.2, -0.15) is 0 Å². The SMILES string of the molecule is CCCCC/C=C\C/C=C\C/C=C\C/C=C\CCCC(=O)O[C@H](COC(=O)CCCCCCC/C=C\CCCCCCCC)COP(=O)(O)OC1[C@H](O)[C@H](O)C(O)[C@H](O)[C@H]1O. The van der Waals surface area contributed by atoms with E-state index in [0.29, 0.717) is 19.3 Å². The van der Waals surface area contributed by atoms with E-state index in [0.717, 1.165) is 64.2 Å². The highest BCUT2D eigenvalue weighted by molar-refractivity contribution is 7.47. The molecule has 0 aromatic carbocycles. The third-order valence-corrected chi connectivity index (χ3v) is 11.3. The van der Waals surface area contributed by atoms with Crippen LogP contribution in [-0.2, 0) is 32.7 Å². The van der Waals surface area contributed by atoms with Crippen LogP contribution in [0.5, 0.6) is 0 Å². The lowest BCUT2D eigenvalue weighted by Gasteiger charge is -2.41. The van der Waals surface area contributed by atoms with Crippen LogP contribution in [0.15, 0.2) is 60.8 Å². The largest absolute Gasteiger partial charge is 0.472 e. The highest BCUT2D eigenvalue weighted by Crippen LogP contribution is 2.47. The number of unbranched alkanes of at least 4 members (excludes halogenated alkanes) is 15. The quantitative estimate of drug-likeness (QED) is 0.0149. The molecule has 0 aromatic rings. The topological polar surface area (TPSA) is 210 Å². The molecule has 0 aromatic heterocycles. The second kappa shape index (κ2) is 37.0. The molecule has 0 saturated heterocycles. The molecule has 0 spiro atoms. The van der Waals surface area contributed by atoms with Gasteiger partial charge in [-0.3, -0.25) is 18.6 Å². The number of aliphatic hydroxyl groups is 5. The van der Waals surface area contributed by atoms with Gasteiger partial charge in [0.05, 0.1) is 6.61 Å². The Labute approximate surface area is 366 Å². The predicted molar refractivity (Wildman–Crippen MR) is 239 cm³/mol. The summed E-state index contributed by atoms with van der Waals surface area (Å²) in [6, 6.07) is 0. The second-order valence-corrected chi connectivity index (χ2v) is 17.3. The lowest BCUT2D eigenvalue weighted by atomic mass is 9.85. The molecule has 0 aliphatic heterocycles. The maximum Gasteiger partial charge on any atom is 0.472 e. The summed E-state index contributed by atoms with van der Waals surface area (Å²) < 4.78 is 33.4. The Morgan fingerprint density at radius 2 is 0.902 bits per heavy atom. The van der Waals surface area contributed by atoms with Gasteiger partial charge in [0, 0.05) is 12.8 Å². The summed E-state index contributed by atoms with van der Waals surface area (Å²) in [5.74, 6) is -1.18. The van der Waals surface area contributed by atoms with E-state index in [-0.39, 0.29) is 12.8 Å². The van der Waals surface area contributed by atoms with Gasteiger partial charge in [-0.15, -0.1) is 0 Å². The summed E-state index contributed by atoms with van der Waals surface area (Å²) in [5, 5.41) is 50.1. The third kappa shape index (κ3) is 29.5. The van der Waals surface area contributed by atoms with E-state index in [9.17, 15) is 44.6 Å². The van der Waals surface area contributed by atoms with Crippen molar-refractivity contribution >= 4 is 19.8 Å². The lowest BCUT2D eigenvalue weighted by molar-refractivity contribution is -0.220. The average molecular weight is 885 g/mol. The van der Waals surface area contributed by atoms with Gasteiger partial charge < -0.3 is 39.9 Å². The predicted octanol–water partition coefficient (Wildman–Crippen LogP) is 8.94. The molecule has 1 aliphatic rings. The normalized spacial score (nSPS) is 22.6. The van der Waals surface area contributed by atoms with Crippen molar-refractivity contribution in [2.24, 2.45) is 0 Å².